The van der Waals surface area contributed by atoms with Crippen molar-refractivity contribution < 1.29 is 19.5 Å². The normalized spacial score (nSPS) is 18.3. The van der Waals surface area contributed by atoms with Gasteiger partial charge >= 0.3 is 0 Å². The van der Waals surface area contributed by atoms with E-state index in [2.05, 4.69) is 69.2 Å². The number of aliphatic hydroxyl groups excluding tert-OH is 1. The van der Waals surface area contributed by atoms with Gasteiger partial charge in [-0.05, 0) is 86.4 Å². The predicted molar refractivity (Wildman–Crippen MR) is 291 cm³/mol. The molecule has 0 radical (unpaired) electrons. The van der Waals surface area contributed by atoms with Crippen LogP contribution in [0.4, 0.5) is 0 Å². The standard InChI is InChI=1S/C29H36N4O3S.C27H34N4OS.ClH/c1-20(21-8-3-2-4-9-21)30-29(36)27-22-10-5-6-11-24(22)31-28(25-12-7-17-37-25)23(27)18-32-13-15-33(16-14-32)26(35)19-34;1-19(20-8-3-2-4-9-20)29-27(32)25-21-10-5-6-11-23(21)30-26(24-12-7-17-33-24)22(25)18-31-15-13-28-14-16-31;/h5-7,10-12,17,20-21,34H,2-4,8-9,13-16,18-19H2,1H3,(H,30,36);5-7,10-12,17,19-20,28H,2-4,8-9,13-16,18H2,1H3,(H,29,32);1H/t20-;19-;/m00./s1. The van der Waals surface area contributed by atoms with Gasteiger partial charge in [-0.1, -0.05) is 87.1 Å². The van der Waals surface area contributed by atoms with E-state index >= 15 is 0 Å². The third-order valence-electron chi connectivity index (χ3n) is 15.2. The van der Waals surface area contributed by atoms with E-state index in [0.29, 0.717) is 50.1 Å². The second kappa shape index (κ2) is 25.2. The summed E-state index contributed by atoms with van der Waals surface area (Å²) >= 11 is 3.32. The summed E-state index contributed by atoms with van der Waals surface area (Å²) < 4.78 is 0. The predicted octanol–water partition coefficient (Wildman–Crippen LogP) is 9.79. The highest BCUT2D eigenvalue weighted by Gasteiger charge is 2.30. The number of carbonyl (C=O) groups excluding carboxylic acids is 3. The topological polar surface area (TPSA) is 143 Å². The van der Waals surface area contributed by atoms with Crippen LogP contribution in [0.25, 0.3) is 42.9 Å². The molecule has 2 aliphatic carbocycles. The van der Waals surface area contributed by atoms with Crippen molar-refractivity contribution in [1.29, 1.82) is 0 Å². The highest BCUT2D eigenvalue weighted by molar-refractivity contribution is 7.13. The Morgan fingerprint density at radius 1 is 0.620 bits per heavy atom. The van der Waals surface area contributed by atoms with Crippen molar-refractivity contribution in [2.75, 3.05) is 59.0 Å². The molecule has 2 aliphatic heterocycles. The number of nitrogens with zero attached hydrogens (tertiary/aromatic N) is 5. The molecule has 71 heavy (non-hydrogen) atoms. The van der Waals surface area contributed by atoms with Crippen molar-refractivity contribution in [1.82, 2.24) is 40.6 Å². The molecule has 2 saturated carbocycles. The largest absolute Gasteiger partial charge is 0.387 e. The van der Waals surface area contributed by atoms with Gasteiger partial charge < -0.3 is 26.0 Å². The molecular weight excluding hydrogens is 948 g/mol. The minimum Gasteiger partial charge on any atom is -0.387 e. The number of rotatable bonds is 13. The Hall–Kier alpha value is -4.80. The second-order valence-electron chi connectivity index (χ2n) is 19.8. The molecule has 0 unspecified atom stereocenters. The number of fused-ring (bicyclic) bond motifs is 2. The van der Waals surface area contributed by atoms with E-state index in [1.165, 1.54) is 64.2 Å². The van der Waals surface area contributed by atoms with E-state index in [0.717, 1.165) is 92.4 Å². The average Bonchev–Trinajstić information content (AvgIpc) is 4.16. The zero-order chi connectivity index (χ0) is 48.4. The molecule has 2 atom stereocenters. The maximum atomic E-state index is 14.0. The second-order valence-corrected chi connectivity index (χ2v) is 21.7. The number of aliphatic hydroxyl groups is 1. The monoisotopic (exact) mass is 1020 g/mol. The lowest BCUT2D eigenvalue weighted by Crippen LogP contribution is -2.49. The van der Waals surface area contributed by atoms with Crippen LogP contribution in [-0.4, -0.2) is 119 Å². The van der Waals surface area contributed by atoms with Gasteiger partial charge in [0.15, 0.2) is 0 Å². The van der Waals surface area contributed by atoms with E-state index in [-0.39, 0.29) is 42.2 Å². The summed E-state index contributed by atoms with van der Waals surface area (Å²) in [6, 6.07) is 24.6. The van der Waals surface area contributed by atoms with Crippen LogP contribution in [0.3, 0.4) is 0 Å². The summed E-state index contributed by atoms with van der Waals surface area (Å²) in [5.41, 5.74) is 7.05. The number of aromatic nitrogens is 2. The molecule has 2 aromatic carbocycles. The molecule has 0 bridgehead atoms. The van der Waals surface area contributed by atoms with Gasteiger partial charge in [0.25, 0.3) is 11.8 Å². The summed E-state index contributed by atoms with van der Waals surface area (Å²) in [5, 5.41) is 25.4. The number of thiophene rings is 2. The number of carbonyl (C=O) groups is 3. The number of nitrogens with one attached hydrogen (secondary N) is 3. The number of benzene rings is 2. The molecular formula is C56H71ClN8O4S2. The van der Waals surface area contributed by atoms with Crippen molar-refractivity contribution in [2.45, 2.75) is 103 Å². The van der Waals surface area contributed by atoms with Crippen LogP contribution in [-0.2, 0) is 17.9 Å². The third-order valence-corrected chi connectivity index (χ3v) is 17.0. The first kappa shape index (κ1) is 52.5. The number of hydrogen-bond acceptors (Lipinski definition) is 11. The fourth-order valence-electron chi connectivity index (χ4n) is 11.2. The lowest BCUT2D eigenvalue weighted by molar-refractivity contribution is -0.136. The molecule has 6 aromatic rings. The van der Waals surface area contributed by atoms with Crippen LogP contribution >= 0.6 is 35.1 Å². The van der Waals surface area contributed by atoms with E-state index in [1.807, 2.05) is 53.9 Å². The van der Waals surface area contributed by atoms with Crippen molar-refractivity contribution in [3.8, 4) is 21.1 Å². The molecule has 15 heteroatoms. The van der Waals surface area contributed by atoms with Crippen LogP contribution in [0.1, 0.15) is 110 Å². The van der Waals surface area contributed by atoms with Crippen molar-refractivity contribution >= 4 is 74.6 Å². The maximum Gasteiger partial charge on any atom is 0.252 e. The first-order valence-corrected chi connectivity index (χ1v) is 27.6. The van der Waals surface area contributed by atoms with E-state index in [9.17, 15) is 19.5 Å². The minimum atomic E-state index is -0.458. The van der Waals surface area contributed by atoms with Crippen LogP contribution in [0.5, 0.6) is 0 Å². The van der Waals surface area contributed by atoms with Gasteiger partial charge in [0.05, 0.1) is 43.3 Å². The third kappa shape index (κ3) is 12.7. The molecule has 3 amide bonds. The van der Waals surface area contributed by atoms with Gasteiger partial charge in [-0.15, -0.1) is 35.1 Å². The molecule has 0 spiro atoms. The van der Waals surface area contributed by atoms with Crippen molar-refractivity contribution in [2.24, 2.45) is 11.8 Å². The Balaban J connectivity index is 0.000000189. The molecule has 12 nitrogen and oxygen atoms in total. The van der Waals surface area contributed by atoms with Crippen molar-refractivity contribution in [3.05, 3.63) is 106 Å². The van der Waals surface area contributed by atoms with Crippen LogP contribution in [0.2, 0.25) is 0 Å². The Morgan fingerprint density at radius 2 is 1.06 bits per heavy atom. The summed E-state index contributed by atoms with van der Waals surface area (Å²) in [5.74, 6) is 0.878. The zero-order valence-corrected chi connectivity index (χ0v) is 43.8. The van der Waals surface area contributed by atoms with E-state index in [1.54, 1.807) is 27.6 Å². The van der Waals surface area contributed by atoms with E-state index in [4.69, 9.17) is 9.97 Å². The lowest BCUT2D eigenvalue weighted by Gasteiger charge is -2.35. The molecule has 4 fully saturated rings. The van der Waals surface area contributed by atoms with Gasteiger partial charge in [0, 0.05) is 99.4 Å². The summed E-state index contributed by atoms with van der Waals surface area (Å²) in [7, 11) is 0. The first-order chi connectivity index (χ1) is 34.2. The molecule has 4 N–H and O–H groups in total. The van der Waals surface area contributed by atoms with E-state index < -0.39 is 6.61 Å². The molecule has 4 aliphatic rings. The summed E-state index contributed by atoms with van der Waals surface area (Å²) in [4.78, 5) is 58.7. The number of para-hydroxylation sites is 2. The fourth-order valence-corrected chi connectivity index (χ4v) is 12.7. The molecule has 4 aromatic heterocycles. The Kier molecular flexibility index (Phi) is 18.7. The highest BCUT2D eigenvalue weighted by Crippen LogP contribution is 2.37. The quantitative estimate of drug-likeness (QED) is 0.0890. The van der Waals surface area contributed by atoms with Gasteiger partial charge in [0.1, 0.15) is 6.61 Å². The van der Waals surface area contributed by atoms with Crippen LogP contribution in [0, 0.1) is 11.8 Å². The van der Waals surface area contributed by atoms with Gasteiger partial charge in [-0.25, -0.2) is 9.97 Å². The fraction of sp³-hybridized carbons (Fsp3) is 0.482. The zero-order valence-electron chi connectivity index (χ0n) is 41.4. The number of piperazine rings is 2. The SMILES string of the molecule is C[C@H](NC(=O)c1c(CN2CCN(C(=O)CO)CC2)c(-c2cccs2)nc2ccccc12)C1CCCCC1.C[C@H](NC(=O)c1c(CN2CCNCC2)c(-c2cccs2)nc2ccccc12)C1CCCCC1.Cl. The highest BCUT2D eigenvalue weighted by atomic mass is 35.5. The Labute approximate surface area is 433 Å². The molecule has 6 heterocycles. The van der Waals surface area contributed by atoms with Crippen molar-refractivity contribution in [3.63, 3.8) is 0 Å². The lowest BCUT2D eigenvalue weighted by atomic mass is 9.84. The van der Waals surface area contributed by atoms with Gasteiger partial charge in [-0.3, -0.25) is 24.2 Å². The Bertz CT molecular complexity index is 2690. The Morgan fingerprint density at radius 3 is 1.48 bits per heavy atom. The van der Waals surface area contributed by atoms with Crippen LogP contribution < -0.4 is 16.0 Å². The van der Waals surface area contributed by atoms with Crippen LogP contribution in [0.15, 0.2) is 83.6 Å². The minimum absolute atomic E-state index is 0. The smallest absolute Gasteiger partial charge is 0.252 e. The number of hydrogen-bond donors (Lipinski definition) is 4. The van der Waals surface area contributed by atoms with Gasteiger partial charge in [-0.2, -0.15) is 0 Å². The number of amides is 3. The van der Waals surface area contributed by atoms with Gasteiger partial charge in [0.2, 0.25) is 5.91 Å². The maximum absolute atomic E-state index is 14.0. The number of halogens is 1. The number of pyridine rings is 2. The summed E-state index contributed by atoms with van der Waals surface area (Å²) in [6.07, 6.45) is 12.4. The molecule has 10 rings (SSSR count). The average molecular weight is 1020 g/mol. The molecule has 2 saturated heterocycles. The molecule has 378 valence electrons. The first-order valence-electron chi connectivity index (χ1n) is 25.8. The summed E-state index contributed by atoms with van der Waals surface area (Å²) in [6.45, 7) is 11.6.